The van der Waals surface area contributed by atoms with Crippen molar-refractivity contribution in [2.24, 2.45) is 0 Å². The SMILES string of the molecule is COc1ccc(CCN2CCN(C(=O)c3ccc(S(=O)(=O)N4CCCC4)cc3)CC2)cc1. The number of carbonyl (C=O) groups excluding carboxylic acids is 1. The summed E-state index contributed by atoms with van der Waals surface area (Å²) in [4.78, 5) is 17.4. The van der Waals surface area contributed by atoms with Crippen LogP contribution in [0.5, 0.6) is 5.75 Å². The number of rotatable bonds is 7. The maximum atomic E-state index is 12.9. The van der Waals surface area contributed by atoms with Crippen LogP contribution in [0.3, 0.4) is 0 Å². The van der Waals surface area contributed by atoms with E-state index in [4.69, 9.17) is 4.74 Å². The Bertz CT molecular complexity index is 1010. The third kappa shape index (κ3) is 5.14. The maximum absolute atomic E-state index is 12.9. The summed E-state index contributed by atoms with van der Waals surface area (Å²) in [5.41, 5.74) is 1.81. The standard InChI is InChI=1S/C24H31N3O4S/c1-31-22-8-4-20(5-9-22)12-15-25-16-18-26(19-17-25)24(28)21-6-10-23(11-7-21)32(29,30)27-13-2-3-14-27/h4-11H,2-3,12-19H2,1H3. The summed E-state index contributed by atoms with van der Waals surface area (Å²) in [6, 6.07) is 14.5. The summed E-state index contributed by atoms with van der Waals surface area (Å²) >= 11 is 0. The van der Waals surface area contributed by atoms with Gasteiger partial charge in [0.15, 0.2) is 0 Å². The number of sulfonamides is 1. The summed E-state index contributed by atoms with van der Waals surface area (Å²) < 4.78 is 32.1. The molecule has 172 valence electrons. The smallest absolute Gasteiger partial charge is 0.253 e. The van der Waals surface area contributed by atoms with Crippen LogP contribution in [0, 0.1) is 0 Å². The molecule has 2 aliphatic heterocycles. The lowest BCUT2D eigenvalue weighted by Crippen LogP contribution is -2.49. The summed E-state index contributed by atoms with van der Waals surface area (Å²) in [6.45, 7) is 5.13. The number of methoxy groups -OCH3 is 1. The molecule has 0 spiro atoms. The first-order valence-corrected chi connectivity index (χ1v) is 12.7. The second kappa shape index (κ2) is 10.0. The van der Waals surface area contributed by atoms with Crippen LogP contribution in [-0.2, 0) is 16.4 Å². The minimum Gasteiger partial charge on any atom is -0.497 e. The van der Waals surface area contributed by atoms with Gasteiger partial charge in [0.05, 0.1) is 12.0 Å². The number of ether oxygens (including phenoxy) is 1. The molecule has 2 aromatic carbocycles. The van der Waals surface area contributed by atoms with Crippen molar-refractivity contribution >= 4 is 15.9 Å². The normalized spacial score (nSPS) is 18.1. The van der Waals surface area contributed by atoms with Gasteiger partial charge < -0.3 is 9.64 Å². The van der Waals surface area contributed by atoms with E-state index in [2.05, 4.69) is 17.0 Å². The Labute approximate surface area is 190 Å². The number of carbonyl (C=O) groups is 1. The molecule has 0 saturated carbocycles. The molecule has 2 heterocycles. The van der Waals surface area contributed by atoms with Gasteiger partial charge in [-0.05, 0) is 61.2 Å². The highest BCUT2D eigenvalue weighted by Gasteiger charge is 2.28. The number of benzene rings is 2. The highest BCUT2D eigenvalue weighted by atomic mass is 32.2. The van der Waals surface area contributed by atoms with E-state index in [1.54, 1.807) is 31.4 Å². The Morgan fingerprint density at radius 1 is 0.875 bits per heavy atom. The van der Waals surface area contributed by atoms with Gasteiger partial charge in [-0.25, -0.2) is 8.42 Å². The minimum atomic E-state index is -3.45. The zero-order valence-corrected chi connectivity index (χ0v) is 19.4. The van der Waals surface area contributed by atoms with Gasteiger partial charge in [0.25, 0.3) is 5.91 Å². The first-order valence-electron chi connectivity index (χ1n) is 11.2. The lowest BCUT2D eigenvalue weighted by Gasteiger charge is -2.34. The van der Waals surface area contributed by atoms with Gasteiger partial charge in [-0.2, -0.15) is 4.31 Å². The predicted molar refractivity (Wildman–Crippen MR) is 123 cm³/mol. The van der Waals surface area contributed by atoms with Crippen LogP contribution in [-0.4, -0.2) is 81.4 Å². The number of hydrogen-bond donors (Lipinski definition) is 0. The number of piperazine rings is 1. The van der Waals surface area contributed by atoms with Gasteiger partial charge in [-0.1, -0.05) is 12.1 Å². The van der Waals surface area contributed by atoms with E-state index in [1.807, 2.05) is 17.0 Å². The van der Waals surface area contributed by atoms with Crippen molar-refractivity contribution in [3.05, 3.63) is 59.7 Å². The van der Waals surface area contributed by atoms with Crippen LogP contribution in [0.25, 0.3) is 0 Å². The van der Waals surface area contributed by atoms with Gasteiger partial charge >= 0.3 is 0 Å². The van der Waals surface area contributed by atoms with Gasteiger partial charge in [0, 0.05) is 51.4 Å². The Hall–Kier alpha value is -2.42. The quantitative estimate of drug-likeness (QED) is 0.639. The van der Waals surface area contributed by atoms with E-state index < -0.39 is 10.0 Å². The van der Waals surface area contributed by atoms with Gasteiger partial charge in [-0.3, -0.25) is 9.69 Å². The lowest BCUT2D eigenvalue weighted by molar-refractivity contribution is 0.0638. The lowest BCUT2D eigenvalue weighted by atomic mass is 10.1. The molecule has 0 unspecified atom stereocenters. The second-order valence-corrected chi connectivity index (χ2v) is 10.3. The molecule has 0 radical (unpaired) electrons. The van der Waals surface area contributed by atoms with E-state index >= 15 is 0 Å². The highest BCUT2D eigenvalue weighted by molar-refractivity contribution is 7.89. The Morgan fingerprint density at radius 3 is 2.09 bits per heavy atom. The first kappa shape index (κ1) is 22.8. The van der Waals surface area contributed by atoms with Crippen LogP contribution in [0.4, 0.5) is 0 Å². The zero-order chi connectivity index (χ0) is 22.6. The molecule has 0 bridgehead atoms. The monoisotopic (exact) mass is 457 g/mol. The molecule has 2 aliphatic rings. The van der Waals surface area contributed by atoms with Crippen molar-refractivity contribution in [1.29, 1.82) is 0 Å². The fourth-order valence-corrected chi connectivity index (χ4v) is 5.80. The number of nitrogens with zero attached hydrogens (tertiary/aromatic N) is 3. The molecule has 2 fully saturated rings. The van der Waals surface area contributed by atoms with E-state index in [0.29, 0.717) is 31.7 Å². The summed E-state index contributed by atoms with van der Waals surface area (Å²) in [7, 11) is -1.78. The van der Waals surface area contributed by atoms with Gasteiger partial charge in [0.2, 0.25) is 10.0 Å². The molecule has 0 aliphatic carbocycles. The summed E-state index contributed by atoms with van der Waals surface area (Å²) in [6.07, 6.45) is 2.77. The van der Waals surface area contributed by atoms with Crippen molar-refractivity contribution in [3.8, 4) is 5.75 Å². The fraction of sp³-hybridized carbons (Fsp3) is 0.458. The summed E-state index contributed by atoms with van der Waals surface area (Å²) in [5.74, 6) is 0.826. The highest BCUT2D eigenvalue weighted by Crippen LogP contribution is 2.21. The maximum Gasteiger partial charge on any atom is 0.253 e. The predicted octanol–water partition coefficient (Wildman–Crippen LogP) is 2.48. The summed E-state index contributed by atoms with van der Waals surface area (Å²) in [5, 5.41) is 0. The number of hydrogen-bond acceptors (Lipinski definition) is 5. The third-order valence-electron chi connectivity index (χ3n) is 6.34. The van der Waals surface area contributed by atoms with Crippen LogP contribution in [0.2, 0.25) is 0 Å². The molecule has 2 aromatic rings. The Balaban J connectivity index is 1.28. The molecule has 1 amide bonds. The van der Waals surface area contributed by atoms with Crippen molar-refractivity contribution in [2.75, 3.05) is 52.9 Å². The van der Waals surface area contributed by atoms with Crippen LogP contribution in [0.15, 0.2) is 53.4 Å². The Kier molecular flexibility index (Phi) is 7.13. The van der Waals surface area contributed by atoms with Crippen LogP contribution < -0.4 is 4.74 Å². The average Bonchev–Trinajstić information content (AvgIpc) is 3.39. The largest absolute Gasteiger partial charge is 0.497 e. The molecule has 4 rings (SSSR count). The second-order valence-electron chi connectivity index (χ2n) is 8.37. The van der Waals surface area contributed by atoms with Crippen molar-refractivity contribution in [2.45, 2.75) is 24.2 Å². The molecule has 7 nitrogen and oxygen atoms in total. The number of amides is 1. The molecular weight excluding hydrogens is 426 g/mol. The van der Waals surface area contributed by atoms with E-state index in [0.717, 1.165) is 44.6 Å². The minimum absolute atomic E-state index is 0.0371. The Morgan fingerprint density at radius 2 is 1.50 bits per heavy atom. The van der Waals surface area contributed by atoms with Gasteiger partial charge in [0.1, 0.15) is 5.75 Å². The zero-order valence-electron chi connectivity index (χ0n) is 18.6. The van der Waals surface area contributed by atoms with Gasteiger partial charge in [-0.15, -0.1) is 0 Å². The van der Waals surface area contributed by atoms with Crippen LogP contribution >= 0.6 is 0 Å². The van der Waals surface area contributed by atoms with Crippen molar-refractivity contribution in [3.63, 3.8) is 0 Å². The average molecular weight is 458 g/mol. The van der Waals surface area contributed by atoms with Crippen molar-refractivity contribution < 1.29 is 17.9 Å². The third-order valence-corrected chi connectivity index (χ3v) is 8.25. The molecule has 2 saturated heterocycles. The molecule has 0 N–H and O–H groups in total. The molecule has 0 aromatic heterocycles. The van der Waals surface area contributed by atoms with E-state index in [1.165, 1.54) is 9.87 Å². The van der Waals surface area contributed by atoms with Crippen LogP contribution in [0.1, 0.15) is 28.8 Å². The molecule has 0 atom stereocenters. The van der Waals surface area contributed by atoms with Crippen molar-refractivity contribution in [1.82, 2.24) is 14.1 Å². The fourth-order valence-electron chi connectivity index (χ4n) is 4.28. The molecule has 8 heteroatoms. The topological polar surface area (TPSA) is 70.2 Å². The van der Waals surface area contributed by atoms with E-state index in [9.17, 15) is 13.2 Å². The molecular formula is C24H31N3O4S. The van der Waals surface area contributed by atoms with E-state index in [-0.39, 0.29) is 10.8 Å². The molecule has 32 heavy (non-hydrogen) atoms. The first-order chi connectivity index (χ1) is 15.5.